The van der Waals surface area contributed by atoms with Crippen LogP contribution in [0.25, 0.3) is 0 Å². The third-order valence-corrected chi connectivity index (χ3v) is 4.49. The number of halogens is 1. The largest absolute Gasteiger partial charge is 0.467 e. The van der Waals surface area contributed by atoms with E-state index in [0.717, 1.165) is 31.2 Å². The summed E-state index contributed by atoms with van der Waals surface area (Å²) in [5.41, 5.74) is 1.45. The highest BCUT2D eigenvalue weighted by atomic mass is 127. The number of hydrogen-bond donors (Lipinski definition) is 2. The van der Waals surface area contributed by atoms with Crippen LogP contribution in [0.5, 0.6) is 0 Å². The molecule has 2 atom stereocenters. The molecule has 1 saturated carbocycles. The lowest BCUT2D eigenvalue weighted by Gasteiger charge is -2.12. The van der Waals surface area contributed by atoms with Crippen LogP contribution >= 0.6 is 24.0 Å². The number of aliphatic imine (C=N–C) groups is 1. The fraction of sp³-hybridized carbons (Fsp3) is 0.450. The Hall–Kier alpha value is -1.54. The Morgan fingerprint density at radius 1 is 1.19 bits per heavy atom. The zero-order valence-corrected chi connectivity index (χ0v) is 17.5. The van der Waals surface area contributed by atoms with E-state index in [0.29, 0.717) is 25.0 Å². The van der Waals surface area contributed by atoms with E-state index in [1.54, 1.807) is 6.26 Å². The topological polar surface area (TPSA) is 58.8 Å². The molecule has 1 aromatic carbocycles. The minimum atomic E-state index is 0. The lowest BCUT2D eigenvalue weighted by molar-refractivity contribution is 0.105. The smallest absolute Gasteiger partial charge is 0.190 e. The summed E-state index contributed by atoms with van der Waals surface area (Å²) in [6, 6.07) is 14.5. The molecule has 3 rings (SSSR count). The first-order valence-corrected chi connectivity index (χ1v) is 8.96. The predicted molar refractivity (Wildman–Crippen MR) is 115 cm³/mol. The first-order valence-electron chi connectivity index (χ1n) is 8.96. The standard InChI is InChI=1S/C20H27N3O2.HI/c1-21-20(22-10-6-11-24-15-18-9-5-12-25-18)23-14-17-13-19(17)16-7-3-2-4-8-16;/h2-5,7-9,12,17,19H,6,10-11,13-15H2,1H3,(H2,21,22,23);1H. The summed E-state index contributed by atoms with van der Waals surface area (Å²) in [5, 5.41) is 6.76. The maximum Gasteiger partial charge on any atom is 0.190 e. The number of rotatable bonds is 9. The van der Waals surface area contributed by atoms with Crippen molar-refractivity contribution in [3.63, 3.8) is 0 Å². The van der Waals surface area contributed by atoms with Crippen LogP contribution in [0.2, 0.25) is 0 Å². The molecule has 0 aliphatic heterocycles. The molecule has 1 heterocycles. The third kappa shape index (κ3) is 6.64. The fourth-order valence-corrected chi connectivity index (χ4v) is 2.98. The zero-order chi connectivity index (χ0) is 17.3. The highest BCUT2D eigenvalue weighted by Gasteiger charge is 2.37. The van der Waals surface area contributed by atoms with Crippen LogP contribution in [0, 0.1) is 5.92 Å². The molecule has 2 N–H and O–H groups in total. The number of guanidine groups is 1. The predicted octanol–water partition coefficient (Wildman–Crippen LogP) is 3.77. The van der Waals surface area contributed by atoms with Gasteiger partial charge in [0.2, 0.25) is 0 Å². The van der Waals surface area contributed by atoms with Crippen LogP contribution < -0.4 is 10.6 Å². The Labute approximate surface area is 172 Å². The van der Waals surface area contributed by atoms with E-state index in [4.69, 9.17) is 9.15 Å². The van der Waals surface area contributed by atoms with E-state index in [9.17, 15) is 0 Å². The van der Waals surface area contributed by atoms with Crippen molar-refractivity contribution in [2.75, 3.05) is 26.7 Å². The normalized spacial score (nSPS) is 18.9. The summed E-state index contributed by atoms with van der Waals surface area (Å²) in [6.45, 7) is 3.03. The number of hydrogen-bond acceptors (Lipinski definition) is 3. The summed E-state index contributed by atoms with van der Waals surface area (Å²) < 4.78 is 10.8. The lowest BCUT2D eigenvalue weighted by Crippen LogP contribution is -2.39. The zero-order valence-electron chi connectivity index (χ0n) is 15.2. The van der Waals surface area contributed by atoms with Gasteiger partial charge in [-0.1, -0.05) is 30.3 Å². The molecule has 2 unspecified atom stereocenters. The second-order valence-corrected chi connectivity index (χ2v) is 6.38. The van der Waals surface area contributed by atoms with E-state index in [-0.39, 0.29) is 24.0 Å². The van der Waals surface area contributed by atoms with Gasteiger partial charge in [0.05, 0.1) is 6.26 Å². The second-order valence-electron chi connectivity index (χ2n) is 6.38. The van der Waals surface area contributed by atoms with Gasteiger partial charge in [0, 0.05) is 26.7 Å². The number of benzene rings is 1. The maximum absolute atomic E-state index is 5.57. The minimum absolute atomic E-state index is 0. The molecule has 5 nitrogen and oxygen atoms in total. The van der Waals surface area contributed by atoms with Crippen molar-refractivity contribution in [2.24, 2.45) is 10.9 Å². The molecule has 0 spiro atoms. The summed E-state index contributed by atoms with van der Waals surface area (Å²) >= 11 is 0. The van der Waals surface area contributed by atoms with E-state index >= 15 is 0 Å². The highest BCUT2D eigenvalue weighted by Crippen LogP contribution is 2.46. The van der Waals surface area contributed by atoms with Crippen LogP contribution in [-0.4, -0.2) is 32.7 Å². The third-order valence-electron chi connectivity index (χ3n) is 4.49. The maximum atomic E-state index is 5.57. The Bertz CT molecular complexity index is 646. The van der Waals surface area contributed by atoms with Gasteiger partial charge in [0.1, 0.15) is 12.4 Å². The number of ether oxygens (including phenoxy) is 1. The van der Waals surface area contributed by atoms with Gasteiger partial charge >= 0.3 is 0 Å². The molecule has 1 aliphatic rings. The molecular formula is C20H28IN3O2. The molecule has 26 heavy (non-hydrogen) atoms. The number of nitrogens with one attached hydrogen (secondary N) is 2. The Morgan fingerprint density at radius 3 is 2.77 bits per heavy atom. The number of nitrogens with zero attached hydrogens (tertiary/aromatic N) is 1. The summed E-state index contributed by atoms with van der Waals surface area (Å²) in [5.74, 6) is 3.13. The molecule has 1 aliphatic carbocycles. The van der Waals surface area contributed by atoms with E-state index in [2.05, 4.69) is 46.0 Å². The highest BCUT2D eigenvalue weighted by molar-refractivity contribution is 14.0. The van der Waals surface area contributed by atoms with Gasteiger partial charge in [0.15, 0.2) is 5.96 Å². The molecule has 6 heteroatoms. The van der Waals surface area contributed by atoms with Crippen molar-refractivity contribution < 1.29 is 9.15 Å². The van der Waals surface area contributed by atoms with Gasteiger partial charge < -0.3 is 19.8 Å². The molecule has 1 aromatic heterocycles. The van der Waals surface area contributed by atoms with Gasteiger partial charge in [-0.2, -0.15) is 0 Å². The summed E-state index contributed by atoms with van der Waals surface area (Å²) in [4.78, 5) is 4.28. The average molecular weight is 469 g/mol. The number of furan rings is 1. The summed E-state index contributed by atoms with van der Waals surface area (Å²) in [7, 11) is 1.81. The Morgan fingerprint density at radius 2 is 2.04 bits per heavy atom. The molecule has 1 fully saturated rings. The van der Waals surface area contributed by atoms with E-state index in [1.807, 2.05) is 19.2 Å². The van der Waals surface area contributed by atoms with E-state index < -0.39 is 0 Å². The van der Waals surface area contributed by atoms with Crippen molar-refractivity contribution in [3.05, 3.63) is 60.1 Å². The van der Waals surface area contributed by atoms with E-state index in [1.165, 1.54) is 12.0 Å². The van der Waals surface area contributed by atoms with Gasteiger partial charge in [-0.15, -0.1) is 24.0 Å². The molecule has 0 saturated heterocycles. The van der Waals surface area contributed by atoms with Crippen LogP contribution in [0.4, 0.5) is 0 Å². The van der Waals surface area contributed by atoms with Crippen molar-refractivity contribution in [3.8, 4) is 0 Å². The van der Waals surface area contributed by atoms with Gasteiger partial charge in [-0.05, 0) is 42.4 Å². The van der Waals surface area contributed by atoms with Crippen LogP contribution in [0.3, 0.4) is 0 Å². The minimum Gasteiger partial charge on any atom is -0.467 e. The van der Waals surface area contributed by atoms with Crippen molar-refractivity contribution in [1.29, 1.82) is 0 Å². The van der Waals surface area contributed by atoms with Crippen LogP contribution in [0.15, 0.2) is 58.1 Å². The molecule has 0 bridgehead atoms. The average Bonchev–Trinajstić information content (AvgIpc) is 3.25. The van der Waals surface area contributed by atoms with Gasteiger partial charge in [-0.25, -0.2) is 0 Å². The van der Waals surface area contributed by atoms with Crippen LogP contribution in [-0.2, 0) is 11.3 Å². The first-order chi connectivity index (χ1) is 12.4. The Balaban J connectivity index is 0.00000243. The van der Waals surface area contributed by atoms with Crippen molar-refractivity contribution in [2.45, 2.75) is 25.4 Å². The molecule has 142 valence electrons. The molecular weight excluding hydrogens is 441 g/mol. The Kier molecular flexibility index (Phi) is 8.97. The molecule has 0 amide bonds. The first kappa shape index (κ1) is 20.8. The van der Waals surface area contributed by atoms with Gasteiger partial charge in [-0.3, -0.25) is 4.99 Å². The van der Waals surface area contributed by atoms with Crippen molar-refractivity contribution in [1.82, 2.24) is 10.6 Å². The second kappa shape index (κ2) is 11.2. The van der Waals surface area contributed by atoms with Crippen molar-refractivity contribution >= 4 is 29.9 Å². The summed E-state index contributed by atoms with van der Waals surface area (Å²) in [6.07, 6.45) is 3.85. The van der Waals surface area contributed by atoms with Gasteiger partial charge in [0.25, 0.3) is 0 Å². The molecule has 2 aromatic rings. The van der Waals surface area contributed by atoms with Crippen LogP contribution in [0.1, 0.15) is 30.1 Å². The monoisotopic (exact) mass is 469 g/mol. The SMILES string of the molecule is CN=C(NCCCOCc1ccco1)NCC1CC1c1ccccc1.I. The quantitative estimate of drug-likeness (QED) is 0.254. The fourth-order valence-electron chi connectivity index (χ4n) is 2.98. The molecule has 0 radical (unpaired) electrons. The lowest BCUT2D eigenvalue weighted by atomic mass is 10.1.